The van der Waals surface area contributed by atoms with Crippen molar-refractivity contribution in [1.29, 1.82) is 0 Å². The van der Waals surface area contributed by atoms with Gasteiger partial charge in [0.05, 0.1) is 11.7 Å². The van der Waals surface area contributed by atoms with Crippen LogP contribution in [0, 0.1) is 13.8 Å². The summed E-state index contributed by atoms with van der Waals surface area (Å²) in [6.07, 6.45) is 3.74. The van der Waals surface area contributed by atoms with Gasteiger partial charge in [0.25, 0.3) is 0 Å². The molecule has 0 unspecified atom stereocenters. The van der Waals surface area contributed by atoms with Crippen molar-refractivity contribution in [2.24, 2.45) is 0 Å². The standard InChI is InChI=1S/C21H24N4O/c1-15-8-10-19(11-9-15)24-21(26)16(2)23-14-18-6-4-5-7-20(18)25-13-12-22-17(25)3/h4-13,16,23H,14H2,1-3H3,(H,24,26)/t16-/m1/s1. The minimum absolute atomic E-state index is 0.0508. The number of rotatable bonds is 6. The highest BCUT2D eigenvalue weighted by Crippen LogP contribution is 2.16. The largest absolute Gasteiger partial charge is 0.325 e. The van der Waals surface area contributed by atoms with E-state index in [2.05, 4.69) is 27.8 Å². The monoisotopic (exact) mass is 348 g/mol. The van der Waals surface area contributed by atoms with Crippen molar-refractivity contribution in [1.82, 2.24) is 14.9 Å². The first-order chi connectivity index (χ1) is 12.5. The highest BCUT2D eigenvalue weighted by atomic mass is 16.2. The van der Waals surface area contributed by atoms with Gasteiger partial charge in [-0.3, -0.25) is 4.79 Å². The zero-order chi connectivity index (χ0) is 18.5. The van der Waals surface area contributed by atoms with E-state index in [1.54, 1.807) is 6.20 Å². The molecule has 2 N–H and O–H groups in total. The van der Waals surface area contributed by atoms with Crippen molar-refractivity contribution < 1.29 is 4.79 Å². The maximum absolute atomic E-state index is 12.4. The summed E-state index contributed by atoms with van der Waals surface area (Å²) in [6.45, 7) is 6.46. The highest BCUT2D eigenvalue weighted by molar-refractivity contribution is 5.94. The van der Waals surface area contributed by atoms with Crippen LogP contribution in [0.1, 0.15) is 23.9 Å². The number of aryl methyl sites for hydroxylation is 2. The number of aromatic nitrogens is 2. The van der Waals surface area contributed by atoms with Gasteiger partial charge in [0, 0.05) is 24.6 Å². The van der Waals surface area contributed by atoms with Crippen LogP contribution in [0.3, 0.4) is 0 Å². The average Bonchev–Trinajstić information content (AvgIpc) is 3.07. The highest BCUT2D eigenvalue weighted by Gasteiger charge is 2.14. The quantitative estimate of drug-likeness (QED) is 0.715. The van der Waals surface area contributed by atoms with Crippen LogP contribution in [-0.4, -0.2) is 21.5 Å². The summed E-state index contributed by atoms with van der Waals surface area (Å²) in [5.74, 6) is 0.882. The number of benzene rings is 2. The molecule has 0 spiro atoms. The molecule has 0 aliphatic rings. The summed E-state index contributed by atoms with van der Waals surface area (Å²) in [5, 5.41) is 6.25. The van der Waals surface area contributed by atoms with E-state index in [9.17, 15) is 4.79 Å². The number of anilines is 1. The van der Waals surface area contributed by atoms with Crippen LogP contribution < -0.4 is 10.6 Å². The Labute approximate surface area is 154 Å². The predicted molar refractivity (Wildman–Crippen MR) is 104 cm³/mol. The maximum atomic E-state index is 12.4. The number of carbonyl (C=O) groups excluding carboxylic acids is 1. The van der Waals surface area contributed by atoms with Gasteiger partial charge in [-0.2, -0.15) is 0 Å². The van der Waals surface area contributed by atoms with Gasteiger partial charge in [-0.15, -0.1) is 0 Å². The summed E-state index contributed by atoms with van der Waals surface area (Å²) in [6, 6.07) is 15.6. The second kappa shape index (κ2) is 7.97. The molecule has 0 fully saturated rings. The first kappa shape index (κ1) is 17.9. The molecule has 1 aromatic heterocycles. The van der Waals surface area contributed by atoms with Gasteiger partial charge in [0.15, 0.2) is 0 Å². The topological polar surface area (TPSA) is 59.0 Å². The Hall–Kier alpha value is -2.92. The Morgan fingerprint density at radius 3 is 2.54 bits per heavy atom. The molecule has 1 heterocycles. The van der Waals surface area contributed by atoms with Gasteiger partial charge < -0.3 is 15.2 Å². The first-order valence-corrected chi connectivity index (χ1v) is 8.74. The van der Waals surface area contributed by atoms with Crippen LogP contribution >= 0.6 is 0 Å². The maximum Gasteiger partial charge on any atom is 0.241 e. The zero-order valence-corrected chi connectivity index (χ0v) is 15.4. The van der Waals surface area contributed by atoms with E-state index in [-0.39, 0.29) is 11.9 Å². The van der Waals surface area contributed by atoms with E-state index >= 15 is 0 Å². The average molecular weight is 348 g/mol. The van der Waals surface area contributed by atoms with E-state index in [1.807, 2.05) is 67.9 Å². The van der Waals surface area contributed by atoms with Gasteiger partial charge in [-0.05, 0) is 44.5 Å². The predicted octanol–water partition coefficient (Wildman–Crippen LogP) is 3.61. The minimum atomic E-state index is -0.312. The van der Waals surface area contributed by atoms with E-state index in [0.29, 0.717) is 6.54 Å². The molecule has 0 aliphatic heterocycles. The van der Waals surface area contributed by atoms with E-state index in [0.717, 1.165) is 22.8 Å². The molecule has 134 valence electrons. The fourth-order valence-electron chi connectivity index (χ4n) is 2.77. The Morgan fingerprint density at radius 1 is 1.12 bits per heavy atom. The lowest BCUT2D eigenvalue weighted by Gasteiger charge is -2.17. The normalized spacial score (nSPS) is 12.0. The Morgan fingerprint density at radius 2 is 1.85 bits per heavy atom. The molecule has 5 nitrogen and oxygen atoms in total. The Bertz CT molecular complexity index is 883. The van der Waals surface area contributed by atoms with Crippen molar-refractivity contribution in [2.75, 3.05) is 5.32 Å². The molecule has 26 heavy (non-hydrogen) atoms. The van der Waals surface area contributed by atoms with Crippen molar-refractivity contribution in [2.45, 2.75) is 33.4 Å². The summed E-state index contributed by atoms with van der Waals surface area (Å²) in [7, 11) is 0. The lowest BCUT2D eigenvalue weighted by molar-refractivity contribution is -0.117. The number of nitrogens with zero attached hydrogens (tertiary/aromatic N) is 2. The van der Waals surface area contributed by atoms with Crippen molar-refractivity contribution in [3.05, 3.63) is 77.9 Å². The smallest absolute Gasteiger partial charge is 0.241 e. The third kappa shape index (κ3) is 4.18. The van der Waals surface area contributed by atoms with Crippen LogP contribution in [0.25, 0.3) is 5.69 Å². The summed E-state index contributed by atoms with van der Waals surface area (Å²) in [4.78, 5) is 16.7. The second-order valence-corrected chi connectivity index (χ2v) is 6.43. The first-order valence-electron chi connectivity index (χ1n) is 8.74. The lowest BCUT2D eigenvalue weighted by Crippen LogP contribution is -2.37. The third-order valence-electron chi connectivity index (χ3n) is 4.39. The van der Waals surface area contributed by atoms with Crippen molar-refractivity contribution >= 4 is 11.6 Å². The van der Waals surface area contributed by atoms with Crippen LogP contribution in [-0.2, 0) is 11.3 Å². The van der Waals surface area contributed by atoms with Gasteiger partial charge in [0.1, 0.15) is 5.82 Å². The van der Waals surface area contributed by atoms with Crippen LogP contribution in [0.4, 0.5) is 5.69 Å². The van der Waals surface area contributed by atoms with Gasteiger partial charge in [0.2, 0.25) is 5.91 Å². The molecular formula is C21H24N4O. The Kier molecular flexibility index (Phi) is 5.49. The second-order valence-electron chi connectivity index (χ2n) is 6.43. The molecule has 0 radical (unpaired) electrons. The molecule has 0 bridgehead atoms. The third-order valence-corrected chi connectivity index (χ3v) is 4.39. The number of amides is 1. The summed E-state index contributed by atoms with van der Waals surface area (Å²) >= 11 is 0. The van der Waals surface area contributed by atoms with Crippen LogP contribution in [0.2, 0.25) is 0 Å². The summed E-state index contributed by atoms with van der Waals surface area (Å²) < 4.78 is 2.05. The summed E-state index contributed by atoms with van der Waals surface area (Å²) in [5.41, 5.74) is 4.16. The number of imidazole rings is 1. The number of nitrogens with one attached hydrogen (secondary N) is 2. The molecule has 1 amide bonds. The zero-order valence-electron chi connectivity index (χ0n) is 15.4. The van der Waals surface area contributed by atoms with E-state index in [4.69, 9.17) is 0 Å². The number of carbonyl (C=O) groups is 1. The van der Waals surface area contributed by atoms with Crippen LogP contribution in [0.5, 0.6) is 0 Å². The molecule has 2 aromatic carbocycles. The molecule has 0 saturated heterocycles. The Balaban J connectivity index is 1.64. The fourth-order valence-corrected chi connectivity index (χ4v) is 2.77. The SMILES string of the molecule is Cc1ccc(NC(=O)[C@@H](C)NCc2ccccc2-n2ccnc2C)cc1. The molecule has 1 atom stereocenters. The molecule has 0 aliphatic carbocycles. The minimum Gasteiger partial charge on any atom is -0.325 e. The van der Waals surface area contributed by atoms with Gasteiger partial charge in [-0.1, -0.05) is 35.9 Å². The van der Waals surface area contributed by atoms with E-state index < -0.39 is 0 Å². The number of para-hydroxylation sites is 1. The lowest BCUT2D eigenvalue weighted by atomic mass is 10.1. The molecule has 3 aromatic rings. The molecule has 3 rings (SSSR count). The molecule has 0 saturated carbocycles. The fraction of sp³-hybridized carbons (Fsp3) is 0.238. The number of hydrogen-bond donors (Lipinski definition) is 2. The number of hydrogen-bond acceptors (Lipinski definition) is 3. The van der Waals surface area contributed by atoms with E-state index in [1.165, 1.54) is 5.56 Å². The molecule has 5 heteroatoms. The van der Waals surface area contributed by atoms with Crippen molar-refractivity contribution in [3.63, 3.8) is 0 Å². The van der Waals surface area contributed by atoms with Gasteiger partial charge >= 0.3 is 0 Å². The van der Waals surface area contributed by atoms with Crippen molar-refractivity contribution in [3.8, 4) is 5.69 Å². The van der Waals surface area contributed by atoms with Crippen LogP contribution in [0.15, 0.2) is 60.9 Å². The van der Waals surface area contributed by atoms with Gasteiger partial charge in [-0.25, -0.2) is 4.98 Å². The molecular weight excluding hydrogens is 324 g/mol.